The molecule has 0 amide bonds. The maximum atomic E-state index is 13.5. The highest BCUT2D eigenvalue weighted by atomic mass is 79.9. The van der Waals surface area contributed by atoms with Gasteiger partial charge in [0.15, 0.2) is 0 Å². The summed E-state index contributed by atoms with van der Waals surface area (Å²) in [6, 6.07) is 5.33. The standard InChI is InChI=1S/C11H15BrFN/c1-3-4-11(14-2)9-6-5-8(12)7-10(9)13/h5-7,11,14H,3-4H2,1-2H3. The van der Waals surface area contributed by atoms with Crippen molar-refractivity contribution in [3.63, 3.8) is 0 Å². The first-order valence-corrected chi connectivity index (χ1v) is 5.60. The van der Waals surface area contributed by atoms with Gasteiger partial charge in [-0.1, -0.05) is 35.3 Å². The minimum Gasteiger partial charge on any atom is -0.313 e. The third kappa shape index (κ3) is 2.79. The van der Waals surface area contributed by atoms with E-state index in [4.69, 9.17) is 0 Å². The fraction of sp³-hybridized carbons (Fsp3) is 0.455. The lowest BCUT2D eigenvalue weighted by molar-refractivity contribution is 0.503. The van der Waals surface area contributed by atoms with Crippen LogP contribution in [-0.2, 0) is 0 Å². The normalized spacial score (nSPS) is 12.9. The number of hydrogen-bond donors (Lipinski definition) is 1. The van der Waals surface area contributed by atoms with Gasteiger partial charge < -0.3 is 5.32 Å². The van der Waals surface area contributed by atoms with E-state index in [1.54, 1.807) is 0 Å². The Hall–Kier alpha value is -0.410. The van der Waals surface area contributed by atoms with Crippen LogP contribution in [0.4, 0.5) is 4.39 Å². The lowest BCUT2D eigenvalue weighted by Crippen LogP contribution is -2.17. The van der Waals surface area contributed by atoms with Crippen molar-refractivity contribution >= 4 is 15.9 Å². The van der Waals surface area contributed by atoms with Gasteiger partial charge in [-0.2, -0.15) is 0 Å². The topological polar surface area (TPSA) is 12.0 Å². The van der Waals surface area contributed by atoms with Gasteiger partial charge in [0.2, 0.25) is 0 Å². The highest BCUT2D eigenvalue weighted by molar-refractivity contribution is 9.10. The third-order valence-corrected chi connectivity index (χ3v) is 2.76. The van der Waals surface area contributed by atoms with E-state index in [1.807, 2.05) is 19.2 Å². The molecule has 0 saturated carbocycles. The molecule has 1 nitrogen and oxygen atoms in total. The molecule has 1 atom stereocenters. The maximum Gasteiger partial charge on any atom is 0.129 e. The van der Waals surface area contributed by atoms with E-state index in [0.29, 0.717) is 0 Å². The third-order valence-electron chi connectivity index (χ3n) is 2.26. The van der Waals surface area contributed by atoms with Crippen molar-refractivity contribution in [3.8, 4) is 0 Å². The van der Waals surface area contributed by atoms with E-state index in [9.17, 15) is 4.39 Å². The van der Waals surface area contributed by atoms with Gasteiger partial charge in [-0.3, -0.25) is 0 Å². The lowest BCUT2D eigenvalue weighted by Gasteiger charge is -2.16. The van der Waals surface area contributed by atoms with Crippen LogP contribution in [-0.4, -0.2) is 7.05 Å². The molecule has 1 N–H and O–H groups in total. The summed E-state index contributed by atoms with van der Waals surface area (Å²) in [4.78, 5) is 0. The smallest absolute Gasteiger partial charge is 0.129 e. The highest BCUT2D eigenvalue weighted by Crippen LogP contribution is 2.23. The van der Waals surface area contributed by atoms with E-state index in [2.05, 4.69) is 28.2 Å². The summed E-state index contributed by atoms with van der Waals surface area (Å²) in [5, 5.41) is 3.12. The Morgan fingerprint density at radius 3 is 2.71 bits per heavy atom. The minimum atomic E-state index is -0.146. The van der Waals surface area contributed by atoms with E-state index in [-0.39, 0.29) is 11.9 Å². The SMILES string of the molecule is CCCC(NC)c1ccc(Br)cc1F. The largest absolute Gasteiger partial charge is 0.313 e. The molecule has 0 aliphatic heterocycles. The van der Waals surface area contributed by atoms with Crippen molar-refractivity contribution in [1.82, 2.24) is 5.32 Å². The van der Waals surface area contributed by atoms with Crippen LogP contribution >= 0.6 is 15.9 Å². The second-order valence-corrected chi connectivity index (χ2v) is 4.21. The average molecular weight is 260 g/mol. The second kappa shape index (κ2) is 5.47. The summed E-state index contributed by atoms with van der Waals surface area (Å²) in [6.45, 7) is 2.10. The van der Waals surface area contributed by atoms with Crippen LogP contribution in [0.3, 0.4) is 0 Å². The lowest BCUT2D eigenvalue weighted by atomic mass is 10.0. The van der Waals surface area contributed by atoms with Gasteiger partial charge in [0.1, 0.15) is 5.82 Å². The Balaban J connectivity index is 2.92. The Morgan fingerprint density at radius 2 is 2.21 bits per heavy atom. The van der Waals surface area contributed by atoms with Gasteiger partial charge in [0, 0.05) is 16.1 Å². The molecule has 1 aromatic carbocycles. The van der Waals surface area contributed by atoms with Crippen LogP contribution in [0.5, 0.6) is 0 Å². The molecule has 0 aliphatic carbocycles. The second-order valence-electron chi connectivity index (χ2n) is 3.30. The number of benzene rings is 1. The quantitative estimate of drug-likeness (QED) is 0.871. The summed E-state index contributed by atoms with van der Waals surface area (Å²) >= 11 is 3.25. The molecular weight excluding hydrogens is 245 g/mol. The Labute approximate surface area is 92.8 Å². The molecular formula is C11H15BrFN. The van der Waals surface area contributed by atoms with Crippen LogP contribution in [0.25, 0.3) is 0 Å². The van der Waals surface area contributed by atoms with E-state index < -0.39 is 0 Å². The Kier molecular flexibility index (Phi) is 4.55. The fourth-order valence-corrected chi connectivity index (χ4v) is 1.86. The zero-order valence-corrected chi connectivity index (χ0v) is 10.1. The van der Waals surface area contributed by atoms with Gasteiger partial charge in [-0.25, -0.2) is 4.39 Å². The van der Waals surface area contributed by atoms with Crippen molar-refractivity contribution in [2.24, 2.45) is 0 Å². The van der Waals surface area contributed by atoms with Gasteiger partial charge in [-0.15, -0.1) is 0 Å². The summed E-state index contributed by atoms with van der Waals surface area (Å²) in [6.07, 6.45) is 2.00. The summed E-state index contributed by atoms with van der Waals surface area (Å²) in [5.74, 6) is -0.146. The molecule has 0 radical (unpaired) electrons. The van der Waals surface area contributed by atoms with Crippen molar-refractivity contribution in [1.29, 1.82) is 0 Å². The van der Waals surface area contributed by atoms with Crippen molar-refractivity contribution < 1.29 is 4.39 Å². The molecule has 0 saturated heterocycles. The predicted molar refractivity (Wildman–Crippen MR) is 60.8 cm³/mol. The molecule has 1 aromatic rings. The Bertz CT molecular complexity index is 301. The summed E-state index contributed by atoms with van der Waals surface area (Å²) < 4.78 is 14.3. The average Bonchev–Trinajstić information content (AvgIpc) is 2.15. The molecule has 0 aliphatic rings. The number of nitrogens with one attached hydrogen (secondary N) is 1. The monoisotopic (exact) mass is 259 g/mol. The van der Waals surface area contributed by atoms with Crippen LogP contribution in [0.15, 0.2) is 22.7 Å². The van der Waals surface area contributed by atoms with Gasteiger partial charge in [0.05, 0.1) is 0 Å². The number of halogens is 2. The first kappa shape index (κ1) is 11.7. The van der Waals surface area contributed by atoms with Crippen LogP contribution in [0.2, 0.25) is 0 Å². The molecule has 14 heavy (non-hydrogen) atoms. The molecule has 0 aromatic heterocycles. The molecule has 0 fully saturated rings. The predicted octanol–water partition coefficient (Wildman–Crippen LogP) is 3.65. The van der Waals surface area contributed by atoms with Crippen molar-refractivity contribution in [2.45, 2.75) is 25.8 Å². The minimum absolute atomic E-state index is 0.119. The molecule has 1 unspecified atom stereocenters. The molecule has 78 valence electrons. The first-order chi connectivity index (χ1) is 6.69. The number of hydrogen-bond acceptors (Lipinski definition) is 1. The molecule has 0 spiro atoms. The maximum absolute atomic E-state index is 13.5. The van der Waals surface area contributed by atoms with E-state index in [1.165, 1.54) is 6.07 Å². The molecule has 0 heterocycles. The Morgan fingerprint density at radius 1 is 1.50 bits per heavy atom. The molecule has 3 heteroatoms. The van der Waals surface area contributed by atoms with Crippen LogP contribution < -0.4 is 5.32 Å². The van der Waals surface area contributed by atoms with Gasteiger partial charge >= 0.3 is 0 Å². The molecule has 0 bridgehead atoms. The van der Waals surface area contributed by atoms with Crippen LogP contribution in [0.1, 0.15) is 31.4 Å². The van der Waals surface area contributed by atoms with Gasteiger partial charge in [-0.05, 0) is 25.6 Å². The zero-order valence-electron chi connectivity index (χ0n) is 8.48. The zero-order chi connectivity index (χ0) is 10.6. The number of rotatable bonds is 4. The summed E-state index contributed by atoms with van der Waals surface area (Å²) in [7, 11) is 1.86. The van der Waals surface area contributed by atoms with E-state index in [0.717, 1.165) is 22.9 Å². The van der Waals surface area contributed by atoms with Gasteiger partial charge in [0.25, 0.3) is 0 Å². The summed E-state index contributed by atoms with van der Waals surface area (Å²) in [5.41, 5.74) is 0.748. The molecule has 1 rings (SSSR count). The highest BCUT2D eigenvalue weighted by Gasteiger charge is 2.12. The van der Waals surface area contributed by atoms with Crippen LogP contribution in [0, 0.1) is 5.82 Å². The first-order valence-electron chi connectivity index (χ1n) is 4.81. The fourth-order valence-electron chi connectivity index (χ4n) is 1.53. The van der Waals surface area contributed by atoms with Crippen molar-refractivity contribution in [2.75, 3.05) is 7.05 Å². The van der Waals surface area contributed by atoms with Crippen molar-refractivity contribution in [3.05, 3.63) is 34.1 Å². The van der Waals surface area contributed by atoms with E-state index >= 15 is 0 Å².